The fourth-order valence-corrected chi connectivity index (χ4v) is 2.86. The maximum Gasteiger partial charge on any atom is 0.262 e. The molecule has 3 aromatic rings. The molecular weight excluding hydrogens is 427 g/mol. The van der Waals surface area contributed by atoms with E-state index in [0.29, 0.717) is 32.9 Å². The fraction of sp³-hybridized carbons (Fsp3) is 0.0909. The van der Waals surface area contributed by atoms with Crippen molar-refractivity contribution in [1.82, 2.24) is 0 Å². The van der Waals surface area contributed by atoms with Gasteiger partial charge in [-0.25, -0.2) is 0 Å². The summed E-state index contributed by atoms with van der Waals surface area (Å²) in [6.45, 7) is -0.405. The molecule has 3 rings (SSSR count). The third-order valence-corrected chi connectivity index (χ3v) is 4.45. The molecule has 0 aliphatic heterocycles. The highest BCUT2D eigenvalue weighted by Crippen LogP contribution is 2.24. The normalized spacial score (nSPS) is 10.2. The van der Waals surface area contributed by atoms with Gasteiger partial charge in [0.25, 0.3) is 11.8 Å². The molecule has 0 aliphatic rings. The minimum atomic E-state index is -0.361. The smallest absolute Gasteiger partial charge is 0.262 e. The summed E-state index contributed by atoms with van der Waals surface area (Å²) in [5.41, 5.74) is 1.01. The molecule has 0 spiro atoms. The maximum absolute atomic E-state index is 12.1. The van der Waals surface area contributed by atoms with E-state index in [1.807, 2.05) is 0 Å². The Bertz CT molecular complexity index is 964. The van der Waals surface area contributed by atoms with Crippen LogP contribution in [0.3, 0.4) is 0 Å². The van der Waals surface area contributed by atoms with Crippen molar-refractivity contribution in [2.24, 2.45) is 0 Å². The number of benzene rings is 3. The molecule has 0 atom stereocenters. The average molecular weight is 445 g/mol. The predicted octanol–water partition coefficient (Wildman–Crippen LogP) is 5.03. The summed E-state index contributed by atoms with van der Waals surface area (Å²) in [6.07, 6.45) is 0. The van der Waals surface area contributed by atoms with Crippen LogP contribution in [-0.4, -0.2) is 25.0 Å². The lowest BCUT2D eigenvalue weighted by atomic mass is 10.2. The van der Waals surface area contributed by atoms with Crippen molar-refractivity contribution in [3.63, 3.8) is 0 Å². The van der Waals surface area contributed by atoms with Crippen molar-refractivity contribution in [2.45, 2.75) is 0 Å². The first-order valence-electron chi connectivity index (χ1n) is 8.95. The Balaban J connectivity index is 1.50. The summed E-state index contributed by atoms with van der Waals surface area (Å²) >= 11 is 12.0. The lowest BCUT2D eigenvalue weighted by molar-refractivity contribution is -0.118. The SMILES string of the molecule is O=C(COc1ccccc1Cl)Nc1cccc(NC(=O)COc2ccccc2Cl)c1. The van der Waals surface area contributed by atoms with E-state index in [9.17, 15) is 9.59 Å². The number of carbonyl (C=O) groups excluding carboxylic acids is 2. The number of halogens is 2. The first kappa shape index (κ1) is 21.5. The van der Waals surface area contributed by atoms with Crippen molar-refractivity contribution in [3.8, 4) is 11.5 Å². The number of nitrogens with one attached hydrogen (secondary N) is 2. The molecule has 0 aliphatic carbocycles. The van der Waals surface area contributed by atoms with Gasteiger partial charge < -0.3 is 20.1 Å². The minimum Gasteiger partial charge on any atom is -0.482 e. The molecule has 0 saturated carbocycles. The van der Waals surface area contributed by atoms with Gasteiger partial charge in [0.05, 0.1) is 10.0 Å². The molecule has 6 nitrogen and oxygen atoms in total. The molecule has 8 heteroatoms. The molecule has 0 radical (unpaired) electrons. The average Bonchev–Trinajstić information content (AvgIpc) is 2.73. The lowest BCUT2D eigenvalue weighted by Crippen LogP contribution is -2.21. The molecule has 2 N–H and O–H groups in total. The Kier molecular flexibility index (Phi) is 7.54. The van der Waals surface area contributed by atoms with Crippen LogP contribution in [0.25, 0.3) is 0 Å². The van der Waals surface area contributed by atoms with E-state index >= 15 is 0 Å². The van der Waals surface area contributed by atoms with Crippen molar-refractivity contribution >= 4 is 46.4 Å². The molecular formula is C22H18Cl2N2O4. The van der Waals surface area contributed by atoms with Crippen molar-refractivity contribution in [2.75, 3.05) is 23.8 Å². The third kappa shape index (κ3) is 6.40. The first-order valence-corrected chi connectivity index (χ1v) is 9.71. The van der Waals surface area contributed by atoms with Crippen LogP contribution < -0.4 is 20.1 Å². The monoisotopic (exact) mass is 444 g/mol. The van der Waals surface area contributed by atoms with Crippen LogP contribution >= 0.6 is 23.2 Å². The third-order valence-electron chi connectivity index (χ3n) is 3.82. The number of amides is 2. The molecule has 0 heterocycles. The number of rotatable bonds is 8. The molecule has 3 aromatic carbocycles. The van der Waals surface area contributed by atoms with Crippen LogP contribution in [0.1, 0.15) is 0 Å². The standard InChI is InChI=1S/C22H18Cl2N2O4/c23-17-8-1-3-10-19(17)29-13-21(27)25-15-6-5-7-16(12-15)26-22(28)14-30-20-11-4-2-9-18(20)24/h1-12H,13-14H2,(H,25,27)(H,26,28). The van der Waals surface area contributed by atoms with E-state index in [4.69, 9.17) is 32.7 Å². The van der Waals surface area contributed by atoms with Gasteiger partial charge in [-0.2, -0.15) is 0 Å². The molecule has 0 bridgehead atoms. The van der Waals surface area contributed by atoms with Crippen molar-refractivity contribution < 1.29 is 19.1 Å². The number of hydrogen-bond acceptors (Lipinski definition) is 4. The van der Waals surface area contributed by atoms with E-state index in [0.717, 1.165) is 0 Å². The summed E-state index contributed by atoms with van der Waals surface area (Å²) < 4.78 is 10.8. The van der Waals surface area contributed by atoms with Crippen LogP contribution in [0.4, 0.5) is 11.4 Å². The molecule has 0 saturated heterocycles. The Morgan fingerprint density at radius 2 is 1.10 bits per heavy atom. The van der Waals surface area contributed by atoms with E-state index in [-0.39, 0.29) is 25.0 Å². The van der Waals surface area contributed by atoms with Gasteiger partial charge in [0.2, 0.25) is 0 Å². The van der Waals surface area contributed by atoms with Crippen LogP contribution in [0, 0.1) is 0 Å². The van der Waals surface area contributed by atoms with E-state index in [1.165, 1.54) is 0 Å². The highest BCUT2D eigenvalue weighted by Gasteiger charge is 2.09. The van der Waals surface area contributed by atoms with Crippen LogP contribution in [0.15, 0.2) is 72.8 Å². The fourth-order valence-electron chi connectivity index (χ4n) is 2.48. The largest absolute Gasteiger partial charge is 0.482 e. The number of para-hydroxylation sites is 2. The van der Waals surface area contributed by atoms with Crippen LogP contribution in [0.2, 0.25) is 10.0 Å². The van der Waals surface area contributed by atoms with Gasteiger partial charge in [0.1, 0.15) is 11.5 Å². The number of anilines is 2. The molecule has 2 amide bonds. The maximum atomic E-state index is 12.1. The summed E-state index contributed by atoms with van der Waals surface area (Å²) in [5.74, 6) is 0.128. The van der Waals surface area contributed by atoms with Gasteiger partial charge in [-0.15, -0.1) is 0 Å². The van der Waals surface area contributed by atoms with E-state index in [1.54, 1.807) is 72.8 Å². The summed E-state index contributed by atoms with van der Waals surface area (Å²) in [6, 6.07) is 20.5. The van der Waals surface area contributed by atoms with Gasteiger partial charge in [-0.05, 0) is 42.5 Å². The lowest BCUT2D eigenvalue weighted by Gasteiger charge is -2.11. The number of carbonyl (C=O) groups is 2. The second-order valence-corrected chi connectivity index (χ2v) is 6.93. The highest BCUT2D eigenvalue weighted by atomic mass is 35.5. The van der Waals surface area contributed by atoms with Gasteiger partial charge >= 0.3 is 0 Å². The van der Waals surface area contributed by atoms with Gasteiger partial charge in [0.15, 0.2) is 13.2 Å². The van der Waals surface area contributed by atoms with Crippen molar-refractivity contribution in [1.29, 1.82) is 0 Å². The second-order valence-electron chi connectivity index (χ2n) is 6.12. The zero-order valence-corrected chi connectivity index (χ0v) is 17.2. The molecule has 0 unspecified atom stereocenters. The highest BCUT2D eigenvalue weighted by molar-refractivity contribution is 6.32. The Morgan fingerprint density at radius 3 is 1.53 bits per heavy atom. The molecule has 0 fully saturated rings. The minimum absolute atomic E-state index is 0.202. The van der Waals surface area contributed by atoms with Gasteiger partial charge in [-0.1, -0.05) is 53.5 Å². The Hall–Kier alpha value is -3.22. The van der Waals surface area contributed by atoms with E-state index in [2.05, 4.69) is 10.6 Å². The summed E-state index contributed by atoms with van der Waals surface area (Å²) in [7, 11) is 0. The first-order chi connectivity index (χ1) is 14.5. The number of ether oxygens (including phenoxy) is 2. The van der Waals surface area contributed by atoms with Gasteiger partial charge in [-0.3, -0.25) is 9.59 Å². The molecule has 30 heavy (non-hydrogen) atoms. The second kappa shape index (κ2) is 10.5. The van der Waals surface area contributed by atoms with Gasteiger partial charge in [0, 0.05) is 11.4 Å². The van der Waals surface area contributed by atoms with Crippen LogP contribution in [0.5, 0.6) is 11.5 Å². The van der Waals surface area contributed by atoms with Crippen LogP contribution in [-0.2, 0) is 9.59 Å². The topological polar surface area (TPSA) is 76.7 Å². The molecule has 0 aromatic heterocycles. The zero-order valence-electron chi connectivity index (χ0n) is 15.7. The number of hydrogen-bond donors (Lipinski definition) is 2. The quantitative estimate of drug-likeness (QED) is 0.510. The summed E-state index contributed by atoms with van der Waals surface area (Å²) in [4.78, 5) is 24.2. The predicted molar refractivity (Wildman–Crippen MR) is 118 cm³/mol. The summed E-state index contributed by atoms with van der Waals surface area (Å²) in [5, 5.41) is 6.26. The Morgan fingerprint density at radius 1 is 0.667 bits per heavy atom. The zero-order chi connectivity index (χ0) is 21.3. The molecule has 154 valence electrons. The van der Waals surface area contributed by atoms with Crippen molar-refractivity contribution in [3.05, 3.63) is 82.8 Å². The van der Waals surface area contributed by atoms with E-state index < -0.39 is 0 Å². The Labute approximate surface area is 183 Å².